The Kier molecular flexibility index (Phi) is 13.3. The average molecular weight is 518 g/mol. The molecule has 0 saturated carbocycles. The van der Waals surface area contributed by atoms with E-state index in [1.165, 1.54) is 18.4 Å². The zero-order chi connectivity index (χ0) is 20.2. The molecule has 7 heteroatoms. The minimum atomic E-state index is 0. The largest absolute Gasteiger partial charge is 0.497 e. The second-order valence-corrected chi connectivity index (χ2v) is 7.29. The van der Waals surface area contributed by atoms with Gasteiger partial charge in [-0.1, -0.05) is 26.0 Å². The summed E-state index contributed by atoms with van der Waals surface area (Å²) >= 11 is 0. The molecule has 1 saturated heterocycles. The molecule has 0 amide bonds. The third-order valence-electron chi connectivity index (χ3n) is 5.61. The topological polar surface area (TPSA) is 52.1 Å². The molecule has 0 aliphatic carbocycles. The van der Waals surface area contributed by atoms with E-state index in [9.17, 15) is 0 Å². The van der Waals surface area contributed by atoms with E-state index >= 15 is 0 Å². The van der Waals surface area contributed by atoms with Crippen molar-refractivity contribution >= 4 is 29.9 Å². The lowest BCUT2D eigenvalue weighted by molar-refractivity contribution is 0.245. The molecule has 1 aromatic carbocycles. The van der Waals surface area contributed by atoms with Crippen molar-refractivity contribution in [1.82, 2.24) is 20.4 Å². The second kappa shape index (κ2) is 14.8. The fraction of sp³-hybridized carbons (Fsp3) is 0.682. The van der Waals surface area contributed by atoms with E-state index in [2.05, 4.69) is 63.5 Å². The highest BCUT2D eigenvalue weighted by Crippen LogP contribution is 2.26. The van der Waals surface area contributed by atoms with E-state index < -0.39 is 0 Å². The van der Waals surface area contributed by atoms with Crippen LogP contribution >= 0.6 is 24.0 Å². The third-order valence-corrected chi connectivity index (χ3v) is 5.61. The van der Waals surface area contributed by atoms with E-state index in [-0.39, 0.29) is 24.0 Å². The molecular weight excluding hydrogens is 477 g/mol. The maximum absolute atomic E-state index is 5.32. The summed E-state index contributed by atoms with van der Waals surface area (Å²) in [6.07, 6.45) is 3.69. The van der Waals surface area contributed by atoms with Crippen molar-refractivity contribution in [2.45, 2.75) is 39.2 Å². The fourth-order valence-corrected chi connectivity index (χ4v) is 3.80. The summed E-state index contributed by atoms with van der Waals surface area (Å²) in [5, 5.41) is 7.00. The number of rotatable bonds is 11. The Morgan fingerprint density at radius 2 is 1.79 bits per heavy atom. The number of hydrogen-bond donors (Lipinski definition) is 2. The van der Waals surface area contributed by atoms with Crippen molar-refractivity contribution in [2.75, 3.05) is 60.0 Å². The van der Waals surface area contributed by atoms with Gasteiger partial charge in [0.05, 0.1) is 13.2 Å². The van der Waals surface area contributed by atoms with Gasteiger partial charge >= 0.3 is 0 Å². The lowest BCUT2D eigenvalue weighted by Crippen LogP contribution is -2.43. The van der Waals surface area contributed by atoms with E-state index in [0.717, 1.165) is 63.9 Å². The van der Waals surface area contributed by atoms with E-state index in [1.54, 1.807) is 7.11 Å². The van der Waals surface area contributed by atoms with Crippen LogP contribution in [0, 0.1) is 0 Å². The summed E-state index contributed by atoms with van der Waals surface area (Å²) in [7, 11) is 3.56. The van der Waals surface area contributed by atoms with Gasteiger partial charge in [0.1, 0.15) is 5.75 Å². The molecule has 0 spiro atoms. The zero-order valence-electron chi connectivity index (χ0n) is 18.6. The van der Waals surface area contributed by atoms with Gasteiger partial charge in [-0.3, -0.25) is 9.89 Å². The molecule has 6 nitrogen and oxygen atoms in total. The number of methoxy groups -OCH3 is 1. The van der Waals surface area contributed by atoms with Crippen molar-refractivity contribution in [3.63, 3.8) is 0 Å². The van der Waals surface area contributed by atoms with Crippen LogP contribution < -0.4 is 15.4 Å². The van der Waals surface area contributed by atoms with Gasteiger partial charge in [-0.05, 0) is 69.7 Å². The minimum absolute atomic E-state index is 0. The zero-order valence-corrected chi connectivity index (χ0v) is 20.9. The number of nitrogens with zero attached hydrogens (tertiary/aromatic N) is 3. The summed E-state index contributed by atoms with van der Waals surface area (Å²) in [5.74, 6) is 1.79. The summed E-state index contributed by atoms with van der Waals surface area (Å²) in [4.78, 5) is 9.43. The summed E-state index contributed by atoms with van der Waals surface area (Å²) in [6.45, 7) is 11.9. The van der Waals surface area contributed by atoms with Crippen molar-refractivity contribution in [1.29, 1.82) is 0 Å². The number of halogens is 1. The molecule has 2 N–H and O–H groups in total. The maximum Gasteiger partial charge on any atom is 0.191 e. The van der Waals surface area contributed by atoms with Crippen LogP contribution in [0.2, 0.25) is 0 Å². The maximum atomic E-state index is 5.32. The molecule has 0 bridgehead atoms. The van der Waals surface area contributed by atoms with Gasteiger partial charge in [0.2, 0.25) is 0 Å². The summed E-state index contributed by atoms with van der Waals surface area (Å²) < 4.78 is 5.32. The Bertz CT molecular complexity index is 571. The molecule has 1 aromatic rings. The molecular formula is C22H40IN5O. The number of likely N-dealkylation sites (tertiary alicyclic amines) is 1. The molecule has 0 aromatic heterocycles. The average Bonchev–Trinajstić information content (AvgIpc) is 3.27. The Labute approximate surface area is 194 Å². The lowest BCUT2D eigenvalue weighted by Gasteiger charge is -2.29. The van der Waals surface area contributed by atoms with E-state index in [0.29, 0.717) is 6.04 Å². The van der Waals surface area contributed by atoms with Crippen LogP contribution in [-0.2, 0) is 0 Å². The standard InChI is InChI=1S/C22H39N5O.HI/c1-5-26(6-2)15-9-14-24-22(23-3)25-18-21(27-16-7-8-17-27)19-10-12-20(28-4)13-11-19;/h10-13,21H,5-9,14-18H2,1-4H3,(H2,23,24,25);1H. The normalized spacial score (nSPS) is 15.8. The fourth-order valence-electron chi connectivity index (χ4n) is 3.80. The molecule has 2 rings (SSSR count). The van der Waals surface area contributed by atoms with Gasteiger partial charge in [0.25, 0.3) is 0 Å². The minimum Gasteiger partial charge on any atom is -0.497 e. The van der Waals surface area contributed by atoms with E-state index in [4.69, 9.17) is 4.74 Å². The predicted octanol–water partition coefficient (Wildman–Crippen LogP) is 3.35. The first-order chi connectivity index (χ1) is 13.7. The SMILES string of the molecule is CCN(CC)CCCNC(=NC)NCC(c1ccc(OC)cc1)N1CCCC1.I. The molecule has 1 fully saturated rings. The highest BCUT2D eigenvalue weighted by atomic mass is 127. The number of ether oxygens (including phenoxy) is 1. The van der Waals surface area contributed by atoms with Gasteiger partial charge in [-0.15, -0.1) is 24.0 Å². The highest BCUT2D eigenvalue weighted by molar-refractivity contribution is 14.0. The molecule has 1 unspecified atom stereocenters. The van der Waals surface area contributed by atoms with Crippen molar-refractivity contribution in [3.8, 4) is 5.75 Å². The summed E-state index contributed by atoms with van der Waals surface area (Å²) in [5.41, 5.74) is 1.33. The van der Waals surface area contributed by atoms with Crippen molar-refractivity contribution in [2.24, 2.45) is 4.99 Å². The Hall–Kier alpha value is -1.06. The first kappa shape index (κ1) is 26.0. The van der Waals surface area contributed by atoms with Crippen LogP contribution in [0.4, 0.5) is 0 Å². The molecule has 0 radical (unpaired) electrons. The molecule has 1 aliphatic heterocycles. The van der Waals surface area contributed by atoms with Crippen LogP contribution in [0.1, 0.15) is 44.7 Å². The van der Waals surface area contributed by atoms with Gasteiger partial charge in [-0.25, -0.2) is 0 Å². The third kappa shape index (κ3) is 8.68. The quantitative estimate of drug-likeness (QED) is 0.204. The van der Waals surface area contributed by atoms with Gasteiger partial charge in [0, 0.05) is 20.1 Å². The Morgan fingerprint density at radius 1 is 1.14 bits per heavy atom. The first-order valence-electron chi connectivity index (χ1n) is 10.8. The number of benzene rings is 1. The number of hydrogen-bond acceptors (Lipinski definition) is 4. The van der Waals surface area contributed by atoms with Crippen LogP contribution in [0.25, 0.3) is 0 Å². The Balaban J connectivity index is 0.00000420. The molecule has 29 heavy (non-hydrogen) atoms. The molecule has 166 valence electrons. The number of nitrogens with one attached hydrogen (secondary N) is 2. The van der Waals surface area contributed by atoms with Gasteiger partial charge in [0.15, 0.2) is 5.96 Å². The van der Waals surface area contributed by atoms with Crippen molar-refractivity contribution in [3.05, 3.63) is 29.8 Å². The lowest BCUT2D eigenvalue weighted by atomic mass is 10.1. The van der Waals surface area contributed by atoms with Crippen LogP contribution in [0.5, 0.6) is 5.75 Å². The molecule has 1 heterocycles. The molecule has 1 atom stereocenters. The first-order valence-corrected chi connectivity index (χ1v) is 10.8. The number of guanidine groups is 1. The predicted molar refractivity (Wildman–Crippen MR) is 134 cm³/mol. The van der Waals surface area contributed by atoms with Gasteiger partial charge in [-0.2, -0.15) is 0 Å². The van der Waals surface area contributed by atoms with Crippen molar-refractivity contribution < 1.29 is 4.74 Å². The second-order valence-electron chi connectivity index (χ2n) is 7.29. The van der Waals surface area contributed by atoms with Crippen LogP contribution in [0.15, 0.2) is 29.3 Å². The highest BCUT2D eigenvalue weighted by Gasteiger charge is 2.23. The van der Waals surface area contributed by atoms with E-state index in [1.807, 2.05) is 7.05 Å². The monoisotopic (exact) mass is 517 g/mol. The summed E-state index contributed by atoms with van der Waals surface area (Å²) in [6, 6.07) is 8.83. The van der Waals surface area contributed by atoms with Crippen LogP contribution in [-0.4, -0.2) is 75.7 Å². The number of aliphatic imine (C=N–C) groups is 1. The van der Waals surface area contributed by atoms with Gasteiger partial charge < -0.3 is 20.3 Å². The Morgan fingerprint density at radius 3 is 2.34 bits per heavy atom. The van der Waals surface area contributed by atoms with Crippen LogP contribution in [0.3, 0.4) is 0 Å². The smallest absolute Gasteiger partial charge is 0.191 e. The molecule has 1 aliphatic rings.